The second kappa shape index (κ2) is 5.68. The number of hydrogen-bond acceptors (Lipinski definition) is 2. The molecule has 3 heteroatoms. The van der Waals surface area contributed by atoms with Gasteiger partial charge in [0.15, 0.2) is 0 Å². The smallest absolute Gasteiger partial charge is 0.113 e. The van der Waals surface area contributed by atoms with E-state index < -0.39 is 0 Å². The Morgan fingerprint density at radius 2 is 2.19 bits per heavy atom. The van der Waals surface area contributed by atoms with Crippen molar-refractivity contribution in [2.24, 2.45) is 0 Å². The number of ether oxygens (including phenoxy) is 1. The maximum absolute atomic E-state index is 5.74. The molecule has 0 radical (unpaired) electrons. The Kier molecular flexibility index (Phi) is 4.23. The van der Waals surface area contributed by atoms with E-state index in [1.54, 1.807) is 0 Å². The fourth-order valence-corrected chi connectivity index (χ4v) is 2.64. The van der Waals surface area contributed by atoms with Crippen LogP contribution in [0.1, 0.15) is 24.4 Å². The molecule has 0 saturated heterocycles. The molecule has 0 amide bonds. The summed E-state index contributed by atoms with van der Waals surface area (Å²) in [6.07, 6.45) is 4.45. The standard InChI is InChI=1S/C13H16INO/c1-15-13(12-8-4-5-9-16-12)10-6-2-3-7-11(10)14/h2-3,6-8,13,15H,4-5,9H2,1H3. The zero-order chi connectivity index (χ0) is 11.4. The van der Waals surface area contributed by atoms with Crippen LogP contribution in [-0.4, -0.2) is 13.7 Å². The van der Waals surface area contributed by atoms with E-state index in [9.17, 15) is 0 Å². The van der Waals surface area contributed by atoms with Crippen LogP contribution < -0.4 is 5.32 Å². The molecule has 1 atom stereocenters. The summed E-state index contributed by atoms with van der Waals surface area (Å²) in [7, 11) is 1.98. The van der Waals surface area contributed by atoms with Crippen molar-refractivity contribution in [1.82, 2.24) is 5.32 Å². The Morgan fingerprint density at radius 3 is 2.81 bits per heavy atom. The van der Waals surface area contributed by atoms with Crippen LogP contribution in [0.5, 0.6) is 0 Å². The zero-order valence-electron chi connectivity index (χ0n) is 9.37. The number of hydrogen-bond donors (Lipinski definition) is 1. The normalized spacial score (nSPS) is 17.5. The molecule has 0 aliphatic carbocycles. The molecule has 0 saturated carbocycles. The number of allylic oxidation sites excluding steroid dienone is 1. The molecule has 1 heterocycles. The first-order valence-electron chi connectivity index (χ1n) is 5.57. The molecule has 0 fully saturated rings. The molecule has 1 unspecified atom stereocenters. The van der Waals surface area contributed by atoms with Gasteiger partial charge in [0.05, 0.1) is 12.6 Å². The highest BCUT2D eigenvalue weighted by molar-refractivity contribution is 14.1. The minimum Gasteiger partial charge on any atom is -0.496 e. The van der Waals surface area contributed by atoms with E-state index in [0.717, 1.165) is 25.2 Å². The summed E-state index contributed by atoms with van der Waals surface area (Å²) in [5.41, 5.74) is 1.29. The first-order chi connectivity index (χ1) is 7.83. The van der Waals surface area contributed by atoms with Crippen molar-refractivity contribution in [3.05, 3.63) is 45.2 Å². The van der Waals surface area contributed by atoms with E-state index in [4.69, 9.17) is 4.74 Å². The summed E-state index contributed by atoms with van der Waals surface area (Å²) in [4.78, 5) is 0. The zero-order valence-corrected chi connectivity index (χ0v) is 11.5. The predicted octanol–water partition coefficient (Wildman–Crippen LogP) is 3.25. The second-order valence-corrected chi connectivity index (χ2v) is 5.00. The summed E-state index contributed by atoms with van der Waals surface area (Å²) in [6, 6.07) is 8.61. The average molecular weight is 329 g/mol. The molecule has 1 aromatic carbocycles. The Labute approximate surface area is 110 Å². The fraction of sp³-hybridized carbons (Fsp3) is 0.385. The SMILES string of the molecule is CNC(C1=CCCCO1)c1ccccc1I. The molecular weight excluding hydrogens is 313 g/mol. The van der Waals surface area contributed by atoms with Crippen molar-refractivity contribution in [1.29, 1.82) is 0 Å². The van der Waals surface area contributed by atoms with Crippen molar-refractivity contribution in [3.8, 4) is 0 Å². The molecule has 1 aliphatic rings. The lowest BCUT2D eigenvalue weighted by Crippen LogP contribution is -2.22. The van der Waals surface area contributed by atoms with Crippen LogP contribution in [0, 0.1) is 3.57 Å². The minimum atomic E-state index is 0.188. The van der Waals surface area contributed by atoms with E-state index in [2.05, 4.69) is 58.2 Å². The van der Waals surface area contributed by atoms with E-state index in [1.165, 1.54) is 9.13 Å². The predicted molar refractivity (Wildman–Crippen MR) is 74.2 cm³/mol. The van der Waals surface area contributed by atoms with Gasteiger partial charge in [0.25, 0.3) is 0 Å². The van der Waals surface area contributed by atoms with E-state index in [1.807, 2.05) is 7.05 Å². The van der Waals surface area contributed by atoms with Crippen LogP contribution in [0.4, 0.5) is 0 Å². The van der Waals surface area contributed by atoms with Crippen molar-refractivity contribution in [2.75, 3.05) is 13.7 Å². The van der Waals surface area contributed by atoms with E-state index in [0.29, 0.717) is 0 Å². The van der Waals surface area contributed by atoms with Gasteiger partial charge in [0.1, 0.15) is 5.76 Å². The van der Waals surface area contributed by atoms with Crippen molar-refractivity contribution in [2.45, 2.75) is 18.9 Å². The van der Waals surface area contributed by atoms with Gasteiger partial charge in [-0.05, 0) is 60.2 Å². The third-order valence-electron chi connectivity index (χ3n) is 2.75. The maximum Gasteiger partial charge on any atom is 0.113 e. The Balaban J connectivity index is 2.28. The number of likely N-dealkylation sites (N-methyl/N-ethyl adjacent to an activating group) is 1. The fourth-order valence-electron chi connectivity index (χ4n) is 1.94. The number of nitrogens with one attached hydrogen (secondary N) is 1. The minimum absolute atomic E-state index is 0.188. The van der Waals surface area contributed by atoms with Gasteiger partial charge in [-0.3, -0.25) is 0 Å². The first kappa shape index (κ1) is 11.9. The third-order valence-corrected chi connectivity index (χ3v) is 3.73. The number of benzene rings is 1. The molecule has 86 valence electrons. The average Bonchev–Trinajstić information content (AvgIpc) is 2.34. The molecule has 0 aromatic heterocycles. The van der Waals surface area contributed by atoms with Crippen molar-refractivity contribution < 1.29 is 4.74 Å². The monoisotopic (exact) mass is 329 g/mol. The lowest BCUT2D eigenvalue weighted by molar-refractivity contribution is 0.169. The van der Waals surface area contributed by atoms with Gasteiger partial charge in [-0.1, -0.05) is 18.2 Å². The summed E-state index contributed by atoms with van der Waals surface area (Å²) >= 11 is 2.37. The van der Waals surface area contributed by atoms with Crippen LogP contribution in [-0.2, 0) is 4.74 Å². The maximum atomic E-state index is 5.74. The molecule has 0 spiro atoms. The largest absolute Gasteiger partial charge is 0.496 e. The molecule has 2 rings (SSSR count). The molecule has 16 heavy (non-hydrogen) atoms. The Hall–Kier alpha value is -0.550. The van der Waals surface area contributed by atoms with Gasteiger partial charge in [-0.2, -0.15) is 0 Å². The highest BCUT2D eigenvalue weighted by Gasteiger charge is 2.19. The van der Waals surface area contributed by atoms with Gasteiger partial charge >= 0.3 is 0 Å². The summed E-state index contributed by atoms with van der Waals surface area (Å²) in [5.74, 6) is 1.07. The summed E-state index contributed by atoms with van der Waals surface area (Å²) in [5, 5.41) is 3.33. The molecule has 0 bridgehead atoms. The quantitative estimate of drug-likeness (QED) is 0.860. The first-order valence-corrected chi connectivity index (χ1v) is 6.65. The molecule has 1 aromatic rings. The Morgan fingerprint density at radius 1 is 1.38 bits per heavy atom. The molecule has 1 N–H and O–H groups in total. The van der Waals surface area contributed by atoms with Crippen LogP contribution in [0.15, 0.2) is 36.1 Å². The van der Waals surface area contributed by atoms with Crippen LogP contribution in [0.25, 0.3) is 0 Å². The third kappa shape index (κ3) is 2.58. The molecule has 1 aliphatic heterocycles. The second-order valence-electron chi connectivity index (χ2n) is 3.84. The molecular formula is C13H16INO. The summed E-state index contributed by atoms with van der Waals surface area (Å²) in [6.45, 7) is 0.841. The Bertz CT molecular complexity index is 389. The molecule has 2 nitrogen and oxygen atoms in total. The lowest BCUT2D eigenvalue weighted by atomic mass is 10.0. The van der Waals surface area contributed by atoms with Gasteiger partial charge in [-0.25, -0.2) is 0 Å². The summed E-state index contributed by atoms with van der Waals surface area (Å²) < 4.78 is 7.01. The highest BCUT2D eigenvalue weighted by atomic mass is 127. The van der Waals surface area contributed by atoms with Gasteiger partial charge < -0.3 is 10.1 Å². The van der Waals surface area contributed by atoms with Gasteiger partial charge in [0, 0.05) is 3.57 Å². The topological polar surface area (TPSA) is 21.3 Å². The van der Waals surface area contributed by atoms with Crippen molar-refractivity contribution in [3.63, 3.8) is 0 Å². The van der Waals surface area contributed by atoms with E-state index in [-0.39, 0.29) is 6.04 Å². The van der Waals surface area contributed by atoms with Crippen LogP contribution in [0.3, 0.4) is 0 Å². The number of rotatable bonds is 3. The van der Waals surface area contributed by atoms with E-state index >= 15 is 0 Å². The van der Waals surface area contributed by atoms with Crippen LogP contribution in [0.2, 0.25) is 0 Å². The lowest BCUT2D eigenvalue weighted by Gasteiger charge is -2.24. The van der Waals surface area contributed by atoms with Gasteiger partial charge in [-0.15, -0.1) is 0 Å². The van der Waals surface area contributed by atoms with Gasteiger partial charge in [0.2, 0.25) is 0 Å². The highest BCUT2D eigenvalue weighted by Crippen LogP contribution is 2.28. The number of halogens is 1. The van der Waals surface area contributed by atoms with Crippen LogP contribution >= 0.6 is 22.6 Å². The van der Waals surface area contributed by atoms with Crippen molar-refractivity contribution >= 4 is 22.6 Å².